The van der Waals surface area contributed by atoms with E-state index in [0.717, 1.165) is 9.13 Å². The second kappa shape index (κ2) is 9.15. The van der Waals surface area contributed by atoms with Crippen molar-refractivity contribution in [2.75, 3.05) is 10.0 Å². The number of thiocarbonyl (C=S) groups is 1. The molecule has 150 valence electrons. The topological polar surface area (TPSA) is 100 Å². The largest absolute Gasteiger partial charge is 0.332 e. The normalized spacial score (nSPS) is 11.0. The Morgan fingerprint density at radius 3 is 2.52 bits per heavy atom. The van der Waals surface area contributed by atoms with Crippen molar-refractivity contribution in [3.63, 3.8) is 0 Å². The fourth-order valence-corrected chi connectivity index (χ4v) is 4.75. The summed E-state index contributed by atoms with van der Waals surface area (Å²) >= 11 is 8.53. The molecule has 0 unspecified atom stereocenters. The van der Waals surface area contributed by atoms with Gasteiger partial charge in [-0.3, -0.25) is 14.8 Å². The molecule has 7 nitrogen and oxygen atoms in total. The van der Waals surface area contributed by atoms with E-state index in [2.05, 4.69) is 42.9 Å². The van der Waals surface area contributed by atoms with Gasteiger partial charge in [-0.15, -0.1) is 11.3 Å². The average molecular weight is 558 g/mol. The third-order valence-electron chi connectivity index (χ3n) is 3.74. The summed E-state index contributed by atoms with van der Waals surface area (Å²) in [6, 6.07) is 11.4. The highest BCUT2D eigenvalue weighted by Crippen LogP contribution is 2.19. The fraction of sp³-hybridized carbons (Fsp3) is 0.0556. The number of thiazole rings is 1. The molecule has 0 aliphatic carbocycles. The van der Waals surface area contributed by atoms with Crippen LogP contribution in [0.1, 0.15) is 15.9 Å². The average Bonchev–Trinajstić information content (AvgIpc) is 3.16. The molecule has 1 heterocycles. The lowest BCUT2D eigenvalue weighted by molar-refractivity contribution is 0.0977. The van der Waals surface area contributed by atoms with E-state index in [-0.39, 0.29) is 15.9 Å². The van der Waals surface area contributed by atoms with E-state index >= 15 is 0 Å². The highest BCUT2D eigenvalue weighted by atomic mass is 127. The molecule has 0 aliphatic rings. The molecule has 1 aromatic heterocycles. The zero-order valence-electron chi connectivity index (χ0n) is 15.0. The monoisotopic (exact) mass is 558 g/mol. The number of hydrogen-bond acceptors (Lipinski definition) is 6. The molecule has 3 rings (SSSR count). The van der Waals surface area contributed by atoms with Gasteiger partial charge in [-0.05, 0) is 83.7 Å². The first-order chi connectivity index (χ1) is 13.7. The molecule has 0 atom stereocenters. The lowest BCUT2D eigenvalue weighted by Crippen LogP contribution is -2.34. The number of carbonyl (C=O) groups excluding carboxylic acids is 1. The molecule has 0 aliphatic heterocycles. The van der Waals surface area contributed by atoms with Crippen LogP contribution >= 0.6 is 46.1 Å². The highest BCUT2D eigenvalue weighted by Gasteiger charge is 2.15. The molecule has 0 spiro atoms. The first-order valence-electron chi connectivity index (χ1n) is 8.15. The molecule has 0 radical (unpaired) electrons. The van der Waals surface area contributed by atoms with Crippen LogP contribution in [-0.4, -0.2) is 24.4 Å². The molecule has 29 heavy (non-hydrogen) atoms. The van der Waals surface area contributed by atoms with Crippen molar-refractivity contribution in [3.05, 3.63) is 68.7 Å². The Balaban J connectivity index is 1.62. The van der Waals surface area contributed by atoms with Crippen LogP contribution in [0.3, 0.4) is 0 Å². The van der Waals surface area contributed by atoms with Crippen LogP contribution in [0.25, 0.3) is 0 Å². The number of sulfonamides is 1. The molecule has 0 saturated carbocycles. The van der Waals surface area contributed by atoms with Gasteiger partial charge in [0.25, 0.3) is 15.9 Å². The molecule has 0 bridgehead atoms. The van der Waals surface area contributed by atoms with Crippen molar-refractivity contribution < 1.29 is 13.2 Å². The minimum Gasteiger partial charge on any atom is -0.332 e. The van der Waals surface area contributed by atoms with E-state index in [0.29, 0.717) is 16.4 Å². The van der Waals surface area contributed by atoms with E-state index < -0.39 is 10.0 Å². The molecule has 0 fully saturated rings. The van der Waals surface area contributed by atoms with Crippen LogP contribution in [0.4, 0.5) is 10.8 Å². The Labute approximate surface area is 191 Å². The van der Waals surface area contributed by atoms with Crippen molar-refractivity contribution in [2.45, 2.75) is 11.8 Å². The number of anilines is 2. The van der Waals surface area contributed by atoms with E-state index in [1.54, 1.807) is 29.6 Å². The van der Waals surface area contributed by atoms with Gasteiger partial charge in [-0.2, -0.15) is 0 Å². The number of aromatic nitrogens is 1. The van der Waals surface area contributed by atoms with Gasteiger partial charge in [0, 0.05) is 26.4 Å². The van der Waals surface area contributed by atoms with E-state index in [1.165, 1.54) is 29.7 Å². The Morgan fingerprint density at radius 1 is 1.17 bits per heavy atom. The molecular weight excluding hydrogens is 543 g/mol. The molecular formula is C18H15IN4O3S3. The summed E-state index contributed by atoms with van der Waals surface area (Å²) in [5.41, 5.74) is 2.13. The Hall–Kier alpha value is -2.09. The van der Waals surface area contributed by atoms with Crippen LogP contribution in [-0.2, 0) is 10.0 Å². The zero-order valence-corrected chi connectivity index (χ0v) is 19.6. The number of benzene rings is 2. The molecule has 11 heteroatoms. The maximum atomic E-state index is 12.3. The second-order valence-corrected chi connectivity index (χ2v) is 9.99. The van der Waals surface area contributed by atoms with Crippen LogP contribution in [0.5, 0.6) is 0 Å². The molecule has 1 amide bonds. The van der Waals surface area contributed by atoms with E-state index in [1.807, 2.05) is 13.0 Å². The van der Waals surface area contributed by atoms with Crippen LogP contribution < -0.4 is 15.4 Å². The van der Waals surface area contributed by atoms with Crippen molar-refractivity contribution in [2.24, 2.45) is 0 Å². The van der Waals surface area contributed by atoms with Crippen molar-refractivity contribution >= 4 is 78.0 Å². The van der Waals surface area contributed by atoms with E-state index in [9.17, 15) is 13.2 Å². The van der Waals surface area contributed by atoms with Crippen molar-refractivity contribution in [1.29, 1.82) is 0 Å². The smallest absolute Gasteiger partial charge is 0.263 e. The number of rotatable bonds is 5. The van der Waals surface area contributed by atoms with Gasteiger partial charge in [0.1, 0.15) is 0 Å². The lowest BCUT2D eigenvalue weighted by Gasteiger charge is -2.11. The summed E-state index contributed by atoms with van der Waals surface area (Å²) in [4.78, 5) is 16.3. The third-order valence-corrected chi connectivity index (χ3v) is 7.28. The summed E-state index contributed by atoms with van der Waals surface area (Å²) in [5.74, 6) is -0.327. The SMILES string of the molecule is Cc1ccc(C(=O)NC(=S)Nc2ccc(S(=O)(=O)Nc3nccs3)cc2)cc1I. The van der Waals surface area contributed by atoms with Crippen molar-refractivity contribution in [1.82, 2.24) is 10.3 Å². The molecule has 3 aromatic rings. The van der Waals surface area contributed by atoms with Gasteiger partial charge in [0.05, 0.1) is 4.90 Å². The number of halogens is 1. The van der Waals surface area contributed by atoms with Gasteiger partial charge < -0.3 is 5.32 Å². The number of carbonyl (C=O) groups is 1. The van der Waals surface area contributed by atoms with E-state index in [4.69, 9.17) is 12.2 Å². The summed E-state index contributed by atoms with van der Waals surface area (Å²) in [6.07, 6.45) is 1.52. The number of amides is 1. The predicted molar refractivity (Wildman–Crippen MR) is 127 cm³/mol. The van der Waals surface area contributed by atoms with Gasteiger partial charge in [0.15, 0.2) is 10.2 Å². The summed E-state index contributed by atoms with van der Waals surface area (Å²) in [5, 5.41) is 7.56. The van der Waals surface area contributed by atoms with Gasteiger partial charge in [-0.1, -0.05) is 6.07 Å². The summed E-state index contributed by atoms with van der Waals surface area (Å²) in [7, 11) is -3.72. The third kappa shape index (κ3) is 5.72. The van der Waals surface area contributed by atoms with Gasteiger partial charge in [0.2, 0.25) is 0 Å². The maximum Gasteiger partial charge on any atom is 0.263 e. The molecule has 0 saturated heterocycles. The lowest BCUT2D eigenvalue weighted by atomic mass is 10.1. The zero-order chi connectivity index (χ0) is 21.0. The predicted octanol–water partition coefficient (Wildman–Crippen LogP) is 3.98. The minimum absolute atomic E-state index is 0.0856. The number of nitrogens with one attached hydrogen (secondary N) is 3. The second-order valence-electron chi connectivity index (χ2n) is 5.84. The van der Waals surface area contributed by atoms with Crippen LogP contribution in [0.2, 0.25) is 0 Å². The summed E-state index contributed by atoms with van der Waals surface area (Å²) < 4.78 is 28.1. The number of aryl methyl sites for hydroxylation is 1. The Kier molecular flexibility index (Phi) is 6.82. The Bertz CT molecular complexity index is 1150. The minimum atomic E-state index is -3.72. The number of hydrogen-bond donors (Lipinski definition) is 3. The quantitative estimate of drug-likeness (QED) is 0.324. The molecule has 2 aromatic carbocycles. The maximum absolute atomic E-state index is 12.3. The standard InChI is InChI=1S/C18H15IN4O3S3/c1-11-2-3-12(10-15(11)19)16(24)22-17(27)21-13-4-6-14(7-5-13)29(25,26)23-18-20-8-9-28-18/h2-10H,1H3,(H,20,23)(H2,21,22,24,27). The van der Waals surface area contributed by atoms with Crippen LogP contribution in [0.15, 0.2) is 58.9 Å². The summed E-state index contributed by atoms with van der Waals surface area (Å²) in [6.45, 7) is 1.96. The Morgan fingerprint density at radius 2 is 1.90 bits per heavy atom. The fourth-order valence-electron chi connectivity index (χ4n) is 2.24. The van der Waals surface area contributed by atoms with Crippen LogP contribution in [0, 0.1) is 10.5 Å². The first-order valence-corrected chi connectivity index (χ1v) is 12.0. The molecule has 3 N–H and O–H groups in total. The van der Waals surface area contributed by atoms with Crippen molar-refractivity contribution in [3.8, 4) is 0 Å². The number of nitrogens with zero attached hydrogens (tertiary/aromatic N) is 1. The first kappa shape index (κ1) is 21.6. The van der Waals surface area contributed by atoms with Gasteiger partial charge >= 0.3 is 0 Å². The van der Waals surface area contributed by atoms with Gasteiger partial charge in [-0.25, -0.2) is 13.4 Å². The highest BCUT2D eigenvalue weighted by molar-refractivity contribution is 14.1.